The van der Waals surface area contributed by atoms with E-state index in [1.807, 2.05) is 24.3 Å². The monoisotopic (exact) mass is 364 g/mol. The summed E-state index contributed by atoms with van der Waals surface area (Å²) in [4.78, 5) is 22.1. The topological polar surface area (TPSA) is 95.2 Å². The van der Waals surface area contributed by atoms with Gasteiger partial charge in [-0.05, 0) is 62.2 Å². The summed E-state index contributed by atoms with van der Waals surface area (Å²) in [7, 11) is 0. The number of aromatic amines is 1. The quantitative estimate of drug-likeness (QED) is 0.649. The van der Waals surface area contributed by atoms with Crippen LogP contribution >= 0.6 is 0 Å². The number of aromatic nitrogens is 2. The van der Waals surface area contributed by atoms with Crippen LogP contribution in [0.5, 0.6) is 5.75 Å². The van der Waals surface area contributed by atoms with E-state index in [0.29, 0.717) is 17.2 Å². The highest BCUT2D eigenvalue weighted by atomic mass is 16.3. The SMILES string of the molecule is NC(=O)c1cccc2nc(C3CCN(CCc4ccc(O)cc4)CC3)[nH]c12. The predicted octanol–water partition coefficient (Wildman–Crippen LogP) is 2.79. The van der Waals surface area contributed by atoms with E-state index >= 15 is 0 Å². The Kier molecular flexibility index (Phi) is 4.81. The van der Waals surface area contributed by atoms with Crippen molar-refractivity contribution in [3.05, 3.63) is 59.4 Å². The number of benzene rings is 2. The van der Waals surface area contributed by atoms with Crippen molar-refractivity contribution >= 4 is 16.9 Å². The maximum absolute atomic E-state index is 11.6. The van der Waals surface area contributed by atoms with Gasteiger partial charge in [-0.1, -0.05) is 18.2 Å². The number of carbonyl (C=O) groups excluding carboxylic acids is 1. The number of primary amides is 1. The highest BCUT2D eigenvalue weighted by Crippen LogP contribution is 2.28. The smallest absolute Gasteiger partial charge is 0.250 e. The van der Waals surface area contributed by atoms with Gasteiger partial charge in [0.1, 0.15) is 11.6 Å². The number of nitrogens with two attached hydrogens (primary N) is 1. The van der Waals surface area contributed by atoms with Crippen LogP contribution in [0.1, 0.15) is 40.5 Å². The molecule has 1 fully saturated rings. The Bertz CT molecular complexity index is 940. The fraction of sp³-hybridized carbons (Fsp3) is 0.333. The second kappa shape index (κ2) is 7.40. The van der Waals surface area contributed by atoms with Crippen LogP contribution in [0.2, 0.25) is 0 Å². The molecule has 0 saturated carbocycles. The summed E-state index contributed by atoms with van der Waals surface area (Å²) in [6.45, 7) is 3.08. The number of para-hydroxylation sites is 1. The first-order chi connectivity index (χ1) is 13.1. The summed E-state index contributed by atoms with van der Waals surface area (Å²) in [5, 5.41) is 9.37. The Morgan fingerprint density at radius 3 is 2.63 bits per heavy atom. The number of carbonyl (C=O) groups is 1. The molecule has 140 valence electrons. The second-order valence-electron chi connectivity index (χ2n) is 7.22. The molecule has 4 rings (SSSR count). The van der Waals surface area contributed by atoms with Crippen molar-refractivity contribution in [2.75, 3.05) is 19.6 Å². The highest BCUT2D eigenvalue weighted by Gasteiger charge is 2.23. The third kappa shape index (κ3) is 3.80. The Balaban J connectivity index is 1.37. The Labute approximate surface area is 158 Å². The van der Waals surface area contributed by atoms with Crippen LogP contribution < -0.4 is 5.73 Å². The Morgan fingerprint density at radius 1 is 1.19 bits per heavy atom. The molecule has 0 aliphatic carbocycles. The minimum absolute atomic E-state index is 0.310. The van der Waals surface area contributed by atoms with E-state index in [4.69, 9.17) is 10.7 Å². The number of imidazole rings is 1. The fourth-order valence-corrected chi connectivity index (χ4v) is 3.83. The zero-order valence-electron chi connectivity index (χ0n) is 15.2. The molecule has 0 spiro atoms. The molecule has 6 nitrogen and oxygen atoms in total. The largest absolute Gasteiger partial charge is 0.508 e. The van der Waals surface area contributed by atoms with Crippen molar-refractivity contribution < 1.29 is 9.90 Å². The molecule has 6 heteroatoms. The zero-order valence-corrected chi connectivity index (χ0v) is 15.2. The molecule has 1 aliphatic heterocycles. The van der Waals surface area contributed by atoms with Crippen molar-refractivity contribution in [1.82, 2.24) is 14.9 Å². The normalized spacial score (nSPS) is 16.0. The van der Waals surface area contributed by atoms with E-state index in [-0.39, 0.29) is 0 Å². The molecule has 1 aliphatic rings. The number of likely N-dealkylation sites (tertiary alicyclic amines) is 1. The third-order valence-electron chi connectivity index (χ3n) is 5.43. The van der Waals surface area contributed by atoms with E-state index in [1.54, 1.807) is 18.2 Å². The average Bonchev–Trinajstić information content (AvgIpc) is 3.12. The van der Waals surface area contributed by atoms with Crippen LogP contribution in [-0.2, 0) is 6.42 Å². The summed E-state index contributed by atoms with van der Waals surface area (Å²) in [5.74, 6) is 1.21. The first-order valence-corrected chi connectivity index (χ1v) is 9.39. The minimum atomic E-state index is -0.431. The summed E-state index contributed by atoms with van der Waals surface area (Å²) < 4.78 is 0. The van der Waals surface area contributed by atoms with Crippen molar-refractivity contribution in [3.8, 4) is 5.75 Å². The van der Waals surface area contributed by atoms with Crippen LogP contribution in [0.25, 0.3) is 11.0 Å². The van der Waals surface area contributed by atoms with Gasteiger partial charge in [0.25, 0.3) is 5.91 Å². The average molecular weight is 364 g/mol. The van der Waals surface area contributed by atoms with E-state index < -0.39 is 5.91 Å². The van der Waals surface area contributed by atoms with Gasteiger partial charge in [0.2, 0.25) is 0 Å². The lowest BCUT2D eigenvalue weighted by molar-refractivity contribution is 0.100. The maximum Gasteiger partial charge on any atom is 0.250 e. The van der Waals surface area contributed by atoms with Crippen molar-refractivity contribution in [1.29, 1.82) is 0 Å². The maximum atomic E-state index is 11.6. The van der Waals surface area contributed by atoms with E-state index in [1.165, 1.54) is 5.56 Å². The lowest BCUT2D eigenvalue weighted by atomic mass is 9.96. The van der Waals surface area contributed by atoms with Gasteiger partial charge in [-0.3, -0.25) is 4.79 Å². The predicted molar refractivity (Wildman–Crippen MR) is 105 cm³/mol. The van der Waals surface area contributed by atoms with E-state index in [0.717, 1.165) is 55.8 Å². The molecule has 1 aromatic heterocycles. The molecule has 0 atom stereocenters. The van der Waals surface area contributed by atoms with Crippen LogP contribution in [0.3, 0.4) is 0 Å². The number of fused-ring (bicyclic) bond motifs is 1. The molecule has 3 aromatic rings. The van der Waals surface area contributed by atoms with E-state index in [9.17, 15) is 9.90 Å². The molecule has 0 radical (unpaired) electrons. The van der Waals surface area contributed by atoms with Gasteiger partial charge in [-0.15, -0.1) is 0 Å². The summed E-state index contributed by atoms with van der Waals surface area (Å²) in [5.41, 5.74) is 8.75. The molecule has 1 saturated heterocycles. The molecule has 4 N–H and O–H groups in total. The van der Waals surface area contributed by atoms with E-state index in [2.05, 4.69) is 9.88 Å². The molecular formula is C21H24N4O2. The van der Waals surface area contributed by atoms with Gasteiger partial charge >= 0.3 is 0 Å². The number of rotatable bonds is 5. The number of aromatic hydroxyl groups is 1. The number of H-pyrrole nitrogens is 1. The first-order valence-electron chi connectivity index (χ1n) is 9.39. The molecule has 2 aromatic carbocycles. The number of nitrogens with zero attached hydrogens (tertiary/aromatic N) is 2. The van der Waals surface area contributed by atoms with Crippen LogP contribution in [0, 0.1) is 0 Å². The molecule has 27 heavy (non-hydrogen) atoms. The number of nitrogens with one attached hydrogen (secondary N) is 1. The molecular weight excluding hydrogens is 340 g/mol. The number of amides is 1. The van der Waals surface area contributed by atoms with Crippen LogP contribution in [-0.4, -0.2) is 45.5 Å². The van der Waals surface area contributed by atoms with Crippen molar-refractivity contribution in [2.45, 2.75) is 25.2 Å². The van der Waals surface area contributed by atoms with Gasteiger partial charge < -0.3 is 20.7 Å². The number of phenols is 1. The zero-order chi connectivity index (χ0) is 18.8. The van der Waals surface area contributed by atoms with Crippen molar-refractivity contribution in [3.63, 3.8) is 0 Å². The van der Waals surface area contributed by atoms with Crippen LogP contribution in [0.15, 0.2) is 42.5 Å². The molecule has 2 heterocycles. The lowest BCUT2D eigenvalue weighted by Crippen LogP contribution is -2.34. The van der Waals surface area contributed by atoms with Gasteiger partial charge in [0.15, 0.2) is 0 Å². The molecule has 0 bridgehead atoms. The Hall–Kier alpha value is -2.86. The van der Waals surface area contributed by atoms with Gasteiger partial charge in [0.05, 0.1) is 16.6 Å². The number of hydrogen-bond acceptors (Lipinski definition) is 4. The molecule has 1 amide bonds. The summed E-state index contributed by atoms with van der Waals surface area (Å²) >= 11 is 0. The lowest BCUT2D eigenvalue weighted by Gasteiger charge is -2.31. The fourth-order valence-electron chi connectivity index (χ4n) is 3.83. The van der Waals surface area contributed by atoms with Crippen molar-refractivity contribution in [2.24, 2.45) is 5.73 Å². The number of piperidine rings is 1. The third-order valence-corrected chi connectivity index (χ3v) is 5.43. The van der Waals surface area contributed by atoms with Crippen LogP contribution in [0.4, 0.5) is 0 Å². The second-order valence-corrected chi connectivity index (χ2v) is 7.22. The number of phenolic OH excluding ortho intramolecular Hbond substituents is 1. The number of hydrogen-bond donors (Lipinski definition) is 3. The highest BCUT2D eigenvalue weighted by molar-refractivity contribution is 6.04. The van der Waals surface area contributed by atoms with Gasteiger partial charge in [-0.2, -0.15) is 0 Å². The standard InChI is InChI=1S/C21H24N4O2/c22-20(27)17-2-1-3-18-19(17)24-21(23-18)15-9-12-25(13-10-15)11-8-14-4-6-16(26)7-5-14/h1-7,15,26H,8-13H2,(H2,22,27)(H,23,24). The van der Waals surface area contributed by atoms with Gasteiger partial charge in [0, 0.05) is 12.5 Å². The van der Waals surface area contributed by atoms with Gasteiger partial charge in [-0.25, -0.2) is 4.98 Å². The molecule has 0 unspecified atom stereocenters. The Morgan fingerprint density at radius 2 is 1.93 bits per heavy atom. The minimum Gasteiger partial charge on any atom is -0.508 e. The summed E-state index contributed by atoms with van der Waals surface area (Å²) in [6, 6.07) is 12.9. The first kappa shape index (κ1) is 17.5. The summed E-state index contributed by atoms with van der Waals surface area (Å²) in [6.07, 6.45) is 3.07.